The van der Waals surface area contributed by atoms with Gasteiger partial charge in [0.1, 0.15) is 0 Å². The van der Waals surface area contributed by atoms with Gasteiger partial charge in [0.05, 0.1) is 6.10 Å². The van der Waals surface area contributed by atoms with Crippen LogP contribution in [0.5, 0.6) is 0 Å². The Bertz CT molecular complexity index is 261. The quantitative estimate of drug-likeness (QED) is 0.761. The summed E-state index contributed by atoms with van der Waals surface area (Å²) in [5, 5.41) is 9.91. The van der Waals surface area contributed by atoms with Gasteiger partial charge in [-0.3, -0.25) is 0 Å². The highest BCUT2D eigenvalue weighted by Crippen LogP contribution is 2.31. The lowest BCUT2D eigenvalue weighted by Gasteiger charge is -2.20. The van der Waals surface area contributed by atoms with Crippen LogP contribution in [0.4, 0.5) is 0 Å². The molecule has 0 heterocycles. The van der Waals surface area contributed by atoms with E-state index in [1.54, 1.807) is 0 Å². The van der Waals surface area contributed by atoms with Gasteiger partial charge in [-0.1, -0.05) is 22.5 Å². The van der Waals surface area contributed by atoms with E-state index < -0.39 is 0 Å². The van der Waals surface area contributed by atoms with Crippen LogP contribution >= 0.6 is 15.9 Å². The number of rotatable bonds is 4. The van der Waals surface area contributed by atoms with Crippen LogP contribution in [0.15, 0.2) is 28.4 Å². The normalized spacial score (nSPS) is 19.0. The zero-order chi connectivity index (χ0) is 10.4. The van der Waals surface area contributed by atoms with E-state index in [1.165, 1.54) is 22.9 Å². The first-order valence-electron chi connectivity index (χ1n) is 5.15. The van der Waals surface area contributed by atoms with Crippen LogP contribution in [-0.2, 0) is 0 Å². The second kappa shape index (κ2) is 6.23. The molecule has 14 heavy (non-hydrogen) atoms. The van der Waals surface area contributed by atoms with Crippen LogP contribution in [0, 0.1) is 0 Å². The third-order valence-electron chi connectivity index (χ3n) is 2.57. The Morgan fingerprint density at radius 2 is 2.21 bits per heavy atom. The van der Waals surface area contributed by atoms with Crippen LogP contribution in [0.1, 0.15) is 38.5 Å². The third kappa shape index (κ3) is 3.45. The third-order valence-corrected chi connectivity index (χ3v) is 3.48. The summed E-state index contributed by atoms with van der Waals surface area (Å²) in [6, 6.07) is 0. The maximum atomic E-state index is 9.91. The molecule has 0 fully saturated rings. The van der Waals surface area contributed by atoms with Gasteiger partial charge in [0.2, 0.25) is 0 Å². The first-order valence-corrected chi connectivity index (χ1v) is 5.94. The lowest BCUT2D eigenvalue weighted by atomic mass is 9.93. The van der Waals surface area contributed by atoms with Gasteiger partial charge >= 0.3 is 0 Å². The summed E-state index contributed by atoms with van der Waals surface area (Å²) in [5.41, 5.74) is 3.93. The predicted molar refractivity (Wildman–Crippen MR) is 63.4 cm³/mol. The van der Waals surface area contributed by atoms with Crippen LogP contribution in [0.2, 0.25) is 0 Å². The van der Waals surface area contributed by atoms with Crippen LogP contribution in [0.3, 0.4) is 0 Å². The largest absolute Gasteiger partial charge is 0.389 e. The van der Waals surface area contributed by atoms with Crippen molar-refractivity contribution in [1.29, 1.82) is 0 Å². The van der Waals surface area contributed by atoms with Crippen molar-refractivity contribution in [3.8, 4) is 0 Å². The summed E-state index contributed by atoms with van der Waals surface area (Å²) in [7, 11) is 0. The van der Waals surface area contributed by atoms with Gasteiger partial charge in [-0.25, -0.2) is 0 Å². The van der Waals surface area contributed by atoms with Gasteiger partial charge in [0, 0.05) is 0 Å². The molecule has 2 heteroatoms. The molecule has 1 aliphatic rings. The van der Waals surface area contributed by atoms with Gasteiger partial charge in [-0.2, -0.15) is 0 Å². The summed E-state index contributed by atoms with van der Waals surface area (Å²) >= 11 is 3.55. The fourth-order valence-corrected chi connectivity index (χ4v) is 2.50. The van der Waals surface area contributed by atoms with Gasteiger partial charge in [-0.15, -0.1) is 5.73 Å². The Balaban J connectivity index is 2.49. The van der Waals surface area contributed by atoms with Gasteiger partial charge in [0.15, 0.2) is 0 Å². The lowest BCUT2D eigenvalue weighted by molar-refractivity contribution is 0.194. The Hall–Kier alpha value is -0.300. The molecule has 0 saturated carbocycles. The summed E-state index contributed by atoms with van der Waals surface area (Å²) < 4.78 is 1.22. The summed E-state index contributed by atoms with van der Waals surface area (Å²) in [4.78, 5) is 0. The number of hydrogen-bond acceptors (Lipinski definition) is 1. The van der Waals surface area contributed by atoms with Crippen LogP contribution in [-0.4, -0.2) is 11.2 Å². The molecule has 1 unspecified atom stereocenters. The van der Waals surface area contributed by atoms with Gasteiger partial charge in [0.25, 0.3) is 0 Å². The number of aliphatic hydroxyl groups excluding tert-OH is 1. The van der Waals surface area contributed by atoms with Crippen molar-refractivity contribution >= 4 is 15.9 Å². The standard InChI is InChI=1S/C12H17BrO/c1-2-3-4-9-12(14)10-7-5-6-8-11(10)13/h3,12,14H,1,4-9H2. The molecule has 78 valence electrons. The first-order chi connectivity index (χ1) is 6.75. The molecule has 0 amide bonds. The maximum Gasteiger partial charge on any atom is 0.0764 e. The highest BCUT2D eigenvalue weighted by molar-refractivity contribution is 9.11. The molecular formula is C12H17BrO. The van der Waals surface area contributed by atoms with E-state index in [-0.39, 0.29) is 6.10 Å². The van der Waals surface area contributed by atoms with Crippen LogP contribution in [0.25, 0.3) is 0 Å². The maximum absolute atomic E-state index is 9.91. The van der Waals surface area contributed by atoms with Gasteiger partial charge < -0.3 is 5.11 Å². The van der Waals surface area contributed by atoms with E-state index in [1.807, 2.05) is 6.08 Å². The molecule has 0 saturated heterocycles. The zero-order valence-corrected chi connectivity index (χ0v) is 10.0. The molecule has 1 atom stereocenters. The number of halogens is 1. The highest BCUT2D eigenvalue weighted by Gasteiger charge is 2.17. The van der Waals surface area contributed by atoms with Gasteiger partial charge in [-0.05, 0) is 54.7 Å². The monoisotopic (exact) mass is 256 g/mol. The Labute approximate surface area is 94.3 Å². The van der Waals surface area contributed by atoms with E-state index in [4.69, 9.17) is 0 Å². The minimum absolute atomic E-state index is 0.283. The predicted octanol–water partition coefficient (Wildman–Crippen LogP) is 3.69. The molecule has 0 radical (unpaired) electrons. The molecule has 1 N–H and O–H groups in total. The molecule has 0 bridgehead atoms. The topological polar surface area (TPSA) is 20.2 Å². The Kier molecular flexibility index (Phi) is 5.24. The minimum Gasteiger partial charge on any atom is -0.389 e. The van der Waals surface area contributed by atoms with Crippen molar-refractivity contribution in [2.24, 2.45) is 0 Å². The molecule has 0 aromatic heterocycles. The number of hydrogen-bond donors (Lipinski definition) is 1. The first kappa shape index (κ1) is 11.8. The molecule has 0 aliphatic heterocycles. The van der Waals surface area contributed by atoms with Crippen molar-refractivity contribution in [3.05, 3.63) is 28.4 Å². The molecule has 0 aromatic rings. The Morgan fingerprint density at radius 3 is 2.86 bits per heavy atom. The molecule has 1 aliphatic carbocycles. The summed E-state index contributed by atoms with van der Waals surface area (Å²) in [6.45, 7) is 3.50. The molecule has 0 aromatic carbocycles. The minimum atomic E-state index is -0.283. The zero-order valence-electron chi connectivity index (χ0n) is 8.43. The summed E-state index contributed by atoms with van der Waals surface area (Å²) in [6.07, 6.45) is 7.81. The smallest absolute Gasteiger partial charge is 0.0764 e. The van der Waals surface area contributed by atoms with Crippen molar-refractivity contribution in [2.45, 2.75) is 44.6 Å². The second-order valence-corrected chi connectivity index (χ2v) is 4.60. The summed E-state index contributed by atoms with van der Waals surface area (Å²) in [5.74, 6) is 0. The number of aliphatic hydroxyl groups is 1. The van der Waals surface area contributed by atoms with Crippen molar-refractivity contribution in [2.75, 3.05) is 0 Å². The average Bonchev–Trinajstić information content (AvgIpc) is 2.18. The van der Waals surface area contributed by atoms with E-state index in [2.05, 4.69) is 28.2 Å². The van der Waals surface area contributed by atoms with E-state index in [9.17, 15) is 5.11 Å². The van der Waals surface area contributed by atoms with E-state index in [0.29, 0.717) is 0 Å². The molecule has 1 nitrogen and oxygen atoms in total. The van der Waals surface area contributed by atoms with Crippen LogP contribution < -0.4 is 0 Å². The second-order valence-electron chi connectivity index (χ2n) is 3.64. The molecule has 0 spiro atoms. The number of allylic oxidation sites excluding steroid dienone is 2. The SMILES string of the molecule is C=C=CCCC(O)C1=C(Br)CCCC1. The fraction of sp³-hybridized carbons (Fsp3) is 0.583. The highest BCUT2D eigenvalue weighted by atomic mass is 79.9. The van der Waals surface area contributed by atoms with Crippen molar-refractivity contribution in [1.82, 2.24) is 0 Å². The fourth-order valence-electron chi connectivity index (χ4n) is 1.76. The van der Waals surface area contributed by atoms with E-state index >= 15 is 0 Å². The average molecular weight is 257 g/mol. The Morgan fingerprint density at radius 1 is 1.50 bits per heavy atom. The van der Waals surface area contributed by atoms with Crippen molar-refractivity contribution in [3.63, 3.8) is 0 Å². The van der Waals surface area contributed by atoms with E-state index in [0.717, 1.165) is 25.7 Å². The van der Waals surface area contributed by atoms with Crippen molar-refractivity contribution < 1.29 is 5.11 Å². The lowest BCUT2D eigenvalue weighted by Crippen LogP contribution is -2.13. The molecule has 1 rings (SSSR count). The molecular weight excluding hydrogens is 240 g/mol.